The van der Waals surface area contributed by atoms with Gasteiger partial charge in [-0.1, -0.05) is 34.1 Å². The van der Waals surface area contributed by atoms with E-state index in [1.54, 1.807) is 12.1 Å². The van der Waals surface area contributed by atoms with Gasteiger partial charge in [-0.05, 0) is 30.3 Å². The van der Waals surface area contributed by atoms with Crippen LogP contribution in [0.5, 0.6) is 0 Å². The number of benzene rings is 2. The van der Waals surface area contributed by atoms with Crippen molar-refractivity contribution in [1.29, 1.82) is 0 Å². The Labute approximate surface area is 138 Å². The number of nitrogens with one attached hydrogen (secondary N) is 1. The van der Waals surface area contributed by atoms with Gasteiger partial charge in [-0.3, -0.25) is 4.79 Å². The molecule has 0 saturated heterocycles. The van der Waals surface area contributed by atoms with E-state index in [1.807, 2.05) is 36.4 Å². The number of aromatic nitrogens is 1. The maximum absolute atomic E-state index is 12.3. The van der Waals surface area contributed by atoms with E-state index >= 15 is 0 Å². The molecular weight excluding hydrogens is 358 g/mol. The van der Waals surface area contributed by atoms with Crippen molar-refractivity contribution in [3.8, 4) is 11.3 Å². The lowest BCUT2D eigenvalue weighted by atomic mass is 10.1. The first kappa shape index (κ1) is 14.0. The lowest BCUT2D eigenvalue weighted by molar-refractivity contribution is 0.112. The van der Waals surface area contributed by atoms with Gasteiger partial charge in [0.2, 0.25) is 0 Å². The second-order valence-corrected chi connectivity index (χ2v) is 6.12. The molecule has 4 aromatic rings. The van der Waals surface area contributed by atoms with Crippen molar-refractivity contribution < 1.29 is 9.21 Å². The molecule has 112 valence electrons. The standard InChI is InChI=1S/C18H10BrNO3/c19-11-5-6-16-10(7-11)8-13(18(22)23-16)17-14(9-21)12-3-1-2-4-15(12)20-17/h1-9,20H. The highest BCUT2D eigenvalue weighted by Gasteiger charge is 2.16. The van der Waals surface area contributed by atoms with E-state index in [0.717, 1.165) is 27.0 Å². The highest BCUT2D eigenvalue weighted by atomic mass is 79.9. The van der Waals surface area contributed by atoms with E-state index in [-0.39, 0.29) is 0 Å². The number of carbonyl (C=O) groups is 1. The molecule has 0 saturated carbocycles. The molecule has 5 heteroatoms. The van der Waals surface area contributed by atoms with Gasteiger partial charge in [0, 0.05) is 26.3 Å². The van der Waals surface area contributed by atoms with Gasteiger partial charge in [-0.2, -0.15) is 0 Å². The maximum atomic E-state index is 12.3. The van der Waals surface area contributed by atoms with Gasteiger partial charge in [-0.15, -0.1) is 0 Å². The molecule has 0 atom stereocenters. The molecule has 0 amide bonds. The molecule has 4 nitrogen and oxygen atoms in total. The SMILES string of the molecule is O=Cc1c(-c2cc3cc(Br)ccc3oc2=O)[nH]c2ccccc12. The first-order valence-electron chi connectivity index (χ1n) is 6.97. The molecule has 2 aromatic carbocycles. The highest BCUT2D eigenvalue weighted by Crippen LogP contribution is 2.29. The van der Waals surface area contributed by atoms with Crippen LogP contribution in [-0.4, -0.2) is 11.3 Å². The Morgan fingerprint density at radius 3 is 2.74 bits per heavy atom. The highest BCUT2D eigenvalue weighted by molar-refractivity contribution is 9.10. The minimum absolute atomic E-state index is 0.342. The Bertz CT molecular complexity index is 1120. The summed E-state index contributed by atoms with van der Waals surface area (Å²) < 4.78 is 6.27. The number of hydrogen-bond donors (Lipinski definition) is 1. The molecule has 2 heterocycles. The van der Waals surface area contributed by atoms with E-state index in [1.165, 1.54) is 0 Å². The van der Waals surface area contributed by atoms with Crippen LogP contribution < -0.4 is 5.63 Å². The molecule has 0 aliphatic rings. The molecular formula is C18H10BrNO3. The molecule has 23 heavy (non-hydrogen) atoms. The van der Waals surface area contributed by atoms with Crippen LogP contribution in [0.25, 0.3) is 33.1 Å². The van der Waals surface area contributed by atoms with Crippen LogP contribution in [0.4, 0.5) is 0 Å². The fourth-order valence-electron chi connectivity index (χ4n) is 2.77. The van der Waals surface area contributed by atoms with Gasteiger partial charge < -0.3 is 9.40 Å². The Morgan fingerprint density at radius 1 is 1.09 bits per heavy atom. The van der Waals surface area contributed by atoms with Crippen LogP contribution in [0, 0.1) is 0 Å². The second kappa shape index (κ2) is 5.21. The molecule has 0 unspecified atom stereocenters. The van der Waals surface area contributed by atoms with Gasteiger partial charge in [0.15, 0.2) is 6.29 Å². The molecule has 2 aromatic heterocycles. The first-order chi connectivity index (χ1) is 11.2. The topological polar surface area (TPSA) is 63.1 Å². The van der Waals surface area contributed by atoms with Crippen LogP contribution in [-0.2, 0) is 0 Å². The lowest BCUT2D eigenvalue weighted by Gasteiger charge is -2.02. The van der Waals surface area contributed by atoms with Crippen LogP contribution in [0.3, 0.4) is 0 Å². The largest absolute Gasteiger partial charge is 0.422 e. The zero-order chi connectivity index (χ0) is 16.0. The van der Waals surface area contributed by atoms with Crippen molar-refractivity contribution in [1.82, 2.24) is 4.98 Å². The monoisotopic (exact) mass is 367 g/mol. The third-order valence-corrected chi connectivity index (χ3v) is 4.32. The molecule has 0 bridgehead atoms. The third-order valence-electron chi connectivity index (χ3n) is 3.83. The molecule has 4 rings (SSSR count). The smallest absolute Gasteiger partial charge is 0.345 e. The van der Waals surface area contributed by atoms with Crippen molar-refractivity contribution >= 4 is 44.1 Å². The Balaban J connectivity index is 2.07. The van der Waals surface area contributed by atoms with Gasteiger partial charge in [0.25, 0.3) is 0 Å². The predicted molar refractivity (Wildman–Crippen MR) is 92.9 cm³/mol. The van der Waals surface area contributed by atoms with E-state index < -0.39 is 5.63 Å². The van der Waals surface area contributed by atoms with Gasteiger partial charge in [0.05, 0.1) is 11.3 Å². The fraction of sp³-hybridized carbons (Fsp3) is 0. The maximum Gasteiger partial charge on any atom is 0.345 e. The minimum Gasteiger partial charge on any atom is -0.422 e. The van der Waals surface area contributed by atoms with E-state index in [9.17, 15) is 9.59 Å². The number of fused-ring (bicyclic) bond motifs is 2. The Hall–Kier alpha value is -2.66. The van der Waals surface area contributed by atoms with Gasteiger partial charge in [0.1, 0.15) is 5.58 Å². The number of aldehydes is 1. The Kier molecular flexibility index (Phi) is 3.16. The molecule has 0 radical (unpaired) electrons. The zero-order valence-electron chi connectivity index (χ0n) is 11.8. The summed E-state index contributed by atoms with van der Waals surface area (Å²) in [7, 11) is 0. The van der Waals surface area contributed by atoms with Crippen molar-refractivity contribution in [2.24, 2.45) is 0 Å². The summed E-state index contributed by atoms with van der Waals surface area (Å²) >= 11 is 3.40. The molecule has 0 fully saturated rings. The molecule has 0 aliphatic heterocycles. The van der Waals surface area contributed by atoms with Gasteiger partial charge >= 0.3 is 5.63 Å². The molecule has 1 N–H and O–H groups in total. The van der Waals surface area contributed by atoms with Crippen molar-refractivity contribution in [2.45, 2.75) is 0 Å². The number of H-pyrrole nitrogens is 1. The van der Waals surface area contributed by atoms with E-state index in [0.29, 0.717) is 22.4 Å². The zero-order valence-corrected chi connectivity index (χ0v) is 13.4. The minimum atomic E-state index is -0.477. The van der Waals surface area contributed by atoms with Crippen molar-refractivity contribution in [2.75, 3.05) is 0 Å². The quantitative estimate of drug-likeness (QED) is 0.418. The number of aromatic amines is 1. The average Bonchev–Trinajstić information content (AvgIpc) is 2.93. The lowest BCUT2D eigenvalue weighted by Crippen LogP contribution is -2.04. The number of rotatable bonds is 2. The van der Waals surface area contributed by atoms with Crippen LogP contribution >= 0.6 is 15.9 Å². The number of halogens is 1. The summed E-state index contributed by atoms with van der Waals surface area (Å²) in [6.45, 7) is 0. The summed E-state index contributed by atoms with van der Waals surface area (Å²) in [5, 5.41) is 1.57. The van der Waals surface area contributed by atoms with Gasteiger partial charge in [-0.25, -0.2) is 4.79 Å². The van der Waals surface area contributed by atoms with Crippen molar-refractivity contribution in [3.05, 3.63) is 69.0 Å². The van der Waals surface area contributed by atoms with Crippen LogP contribution in [0.15, 0.2) is 62.2 Å². The summed E-state index contributed by atoms with van der Waals surface area (Å²) in [5.74, 6) is 0. The number of hydrogen-bond acceptors (Lipinski definition) is 3. The summed E-state index contributed by atoms with van der Waals surface area (Å²) in [6, 6.07) is 14.6. The average molecular weight is 368 g/mol. The molecule has 0 aliphatic carbocycles. The number of para-hydroxylation sites is 1. The summed E-state index contributed by atoms with van der Waals surface area (Å²) in [4.78, 5) is 27.0. The van der Waals surface area contributed by atoms with E-state index in [2.05, 4.69) is 20.9 Å². The fourth-order valence-corrected chi connectivity index (χ4v) is 3.15. The predicted octanol–water partition coefficient (Wildman–Crippen LogP) is 4.52. The number of carbonyl (C=O) groups excluding carboxylic acids is 1. The molecule has 0 spiro atoms. The Morgan fingerprint density at radius 2 is 1.91 bits per heavy atom. The van der Waals surface area contributed by atoms with E-state index in [4.69, 9.17) is 4.42 Å². The second-order valence-electron chi connectivity index (χ2n) is 5.21. The summed E-state index contributed by atoms with van der Waals surface area (Å²) in [6.07, 6.45) is 0.763. The van der Waals surface area contributed by atoms with Crippen LogP contribution in [0.1, 0.15) is 10.4 Å². The third kappa shape index (κ3) is 2.21. The summed E-state index contributed by atoms with van der Waals surface area (Å²) in [5.41, 5.74) is 2.12. The normalized spacial score (nSPS) is 11.2. The van der Waals surface area contributed by atoms with Crippen molar-refractivity contribution in [3.63, 3.8) is 0 Å². The first-order valence-corrected chi connectivity index (χ1v) is 7.76. The van der Waals surface area contributed by atoms with Crippen LogP contribution in [0.2, 0.25) is 0 Å².